The van der Waals surface area contributed by atoms with Crippen LogP contribution in [0.2, 0.25) is 0 Å². The third-order valence-electron chi connectivity index (χ3n) is 2.69. The fourth-order valence-electron chi connectivity index (χ4n) is 2.04. The molecular formula is C14H18N2O2. The van der Waals surface area contributed by atoms with Gasteiger partial charge in [0.05, 0.1) is 17.6 Å². The van der Waals surface area contributed by atoms with Crippen LogP contribution < -0.4 is 0 Å². The summed E-state index contributed by atoms with van der Waals surface area (Å²) in [6.07, 6.45) is 0. The van der Waals surface area contributed by atoms with E-state index in [2.05, 4.69) is 4.98 Å². The van der Waals surface area contributed by atoms with Crippen molar-refractivity contribution in [2.24, 2.45) is 0 Å². The second-order valence-electron chi connectivity index (χ2n) is 5.15. The lowest BCUT2D eigenvalue weighted by Crippen LogP contribution is -2.26. The number of rotatable bonds is 2. The molecule has 0 unspecified atom stereocenters. The minimum Gasteiger partial charge on any atom is -0.460 e. The number of benzene rings is 1. The third kappa shape index (κ3) is 2.10. The highest BCUT2D eigenvalue weighted by molar-refractivity contribution is 5.91. The Kier molecular flexibility index (Phi) is 3.11. The Morgan fingerprint density at radius 2 is 2.00 bits per heavy atom. The Morgan fingerprint density at radius 1 is 1.33 bits per heavy atom. The quantitative estimate of drug-likeness (QED) is 0.765. The molecule has 0 radical (unpaired) electrons. The first-order valence-electron chi connectivity index (χ1n) is 6.10. The number of hydrogen-bond donors (Lipinski definition) is 0. The number of fused-ring (bicyclic) bond motifs is 1. The van der Waals surface area contributed by atoms with E-state index in [9.17, 15) is 4.79 Å². The Hall–Kier alpha value is -1.84. The number of aromatic nitrogens is 2. The molecule has 0 amide bonds. The zero-order valence-electron chi connectivity index (χ0n) is 11.2. The largest absolute Gasteiger partial charge is 0.460 e. The summed E-state index contributed by atoms with van der Waals surface area (Å²) in [5.41, 5.74) is 1.54. The van der Waals surface area contributed by atoms with Crippen LogP contribution >= 0.6 is 0 Å². The average molecular weight is 246 g/mol. The van der Waals surface area contributed by atoms with Crippen molar-refractivity contribution in [3.63, 3.8) is 0 Å². The monoisotopic (exact) mass is 246 g/mol. The van der Waals surface area contributed by atoms with Crippen LogP contribution in [0.3, 0.4) is 0 Å². The van der Waals surface area contributed by atoms with Gasteiger partial charge in [0.1, 0.15) is 0 Å². The predicted octanol–water partition coefficient (Wildman–Crippen LogP) is 2.97. The summed E-state index contributed by atoms with van der Waals surface area (Å²) in [5, 5.41) is 0. The minimum atomic E-state index is -0.372. The Labute approximate surface area is 107 Å². The molecule has 2 aromatic rings. The third-order valence-corrected chi connectivity index (χ3v) is 2.69. The summed E-state index contributed by atoms with van der Waals surface area (Å²) in [6.45, 7) is 8.28. The van der Waals surface area contributed by atoms with Crippen molar-refractivity contribution in [2.75, 3.05) is 6.61 Å². The highest BCUT2D eigenvalue weighted by atomic mass is 16.5. The number of para-hydroxylation sites is 2. The van der Waals surface area contributed by atoms with E-state index >= 15 is 0 Å². The number of esters is 1. The molecular weight excluding hydrogens is 228 g/mol. The van der Waals surface area contributed by atoms with Gasteiger partial charge in [-0.05, 0) is 39.8 Å². The van der Waals surface area contributed by atoms with Gasteiger partial charge >= 0.3 is 5.97 Å². The van der Waals surface area contributed by atoms with Crippen LogP contribution in [0.4, 0.5) is 0 Å². The number of carbonyl (C=O) groups is 1. The van der Waals surface area contributed by atoms with Gasteiger partial charge in [-0.2, -0.15) is 0 Å². The maximum atomic E-state index is 12.0. The van der Waals surface area contributed by atoms with Crippen LogP contribution in [0.25, 0.3) is 11.0 Å². The van der Waals surface area contributed by atoms with E-state index in [4.69, 9.17) is 4.74 Å². The van der Waals surface area contributed by atoms with Gasteiger partial charge in [-0.15, -0.1) is 0 Å². The maximum absolute atomic E-state index is 12.0. The summed E-state index contributed by atoms with van der Waals surface area (Å²) in [6, 6.07) is 7.73. The molecule has 4 nitrogen and oxygen atoms in total. The summed E-state index contributed by atoms with van der Waals surface area (Å²) in [5.74, 6) is -0.00539. The van der Waals surface area contributed by atoms with E-state index in [-0.39, 0.29) is 11.5 Å². The molecule has 1 heterocycles. The van der Waals surface area contributed by atoms with Gasteiger partial charge in [-0.25, -0.2) is 9.78 Å². The lowest BCUT2D eigenvalue weighted by molar-refractivity contribution is 0.0500. The molecule has 0 saturated carbocycles. The van der Waals surface area contributed by atoms with Crippen LogP contribution in [0.15, 0.2) is 24.3 Å². The molecule has 0 aliphatic rings. The fraction of sp³-hybridized carbons (Fsp3) is 0.429. The van der Waals surface area contributed by atoms with Crippen LogP contribution in [0.1, 0.15) is 38.3 Å². The number of carbonyl (C=O) groups excluding carboxylic acids is 1. The number of imidazole rings is 1. The Morgan fingerprint density at radius 3 is 2.61 bits per heavy atom. The van der Waals surface area contributed by atoms with E-state index in [0.29, 0.717) is 12.4 Å². The lowest BCUT2D eigenvalue weighted by Gasteiger charge is -2.23. The summed E-state index contributed by atoms with van der Waals surface area (Å²) in [4.78, 5) is 16.4. The number of ether oxygens (including phenoxy) is 1. The summed E-state index contributed by atoms with van der Waals surface area (Å²) >= 11 is 0. The molecule has 0 bridgehead atoms. The Balaban J connectivity index is 2.68. The number of nitrogens with zero attached hydrogens (tertiary/aromatic N) is 2. The van der Waals surface area contributed by atoms with E-state index in [1.807, 2.05) is 49.6 Å². The molecule has 0 aliphatic carbocycles. The first-order chi connectivity index (χ1) is 8.45. The molecule has 0 N–H and O–H groups in total. The molecule has 0 spiro atoms. The molecule has 1 aromatic carbocycles. The highest BCUT2D eigenvalue weighted by Gasteiger charge is 2.25. The van der Waals surface area contributed by atoms with Crippen LogP contribution in [0, 0.1) is 0 Å². The van der Waals surface area contributed by atoms with E-state index in [0.717, 1.165) is 11.0 Å². The van der Waals surface area contributed by atoms with E-state index in [1.165, 1.54) is 0 Å². The van der Waals surface area contributed by atoms with Crippen molar-refractivity contribution in [3.05, 3.63) is 30.1 Å². The molecule has 2 rings (SSSR count). The summed E-state index contributed by atoms with van der Waals surface area (Å²) in [7, 11) is 0. The van der Waals surface area contributed by atoms with Gasteiger partial charge < -0.3 is 9.30 Å². The van der Waals surface area contributed by atoms with Gasteiger partial charge in [-0.1, -0.05) is 12.1 Å². The molecule has 0 fully saturated rings. The van der Waals surface area contributed by atoms with Gasteiger partial charge in [0.15, 0.2) is 0 Å². The van der Waals surface area contributed by atoms with Gasteiger partial charge in [0.2, 0.25) is 5.82 Å². The Bertz CT molecular complexity index is 579. The van der Waals surface area contributed by atoms with Crippen LogP contribution in [-0.2, 0) is 10.3 Å². The molecule has 4 heteroatoms. The number of hydrogen-bond acceptors (Lipinski definition) is 3. The molecule has 0 atom stereocenters. The molecule has 96 valence electrons. The molecule has 0 aliphatic heterocycles. The van der Waals surface area contributed by atoms with Gasteiger partial charge in [0.25, 0.3) is 0 Å². The van der Waals surface area contributed by atoms with Crippen LogP contribution in [0.5, 0.6) is 0 Å². The summed E-state index contributed by atoms with van der Waals surface area (Å²) < 4.78 is 7.00. The normalized spacial score (nSPS) is 11.8. The van der Waals surface area contributed by atoms with Crippen molar-refractivity contribution in [1.29, 1.82) is 0 Å². The van der Waals surface area contributed by atoms with Crippen molar-refractivity contribution >= 4 is 17.0 Å². The second-order valence-corrected chi connectivity index (χ2v) is 5.15. The highest BCUT2D eigenvalue weighted by Crippen LogP contribution is 2.25. The van der Waals surface area contributed by atoms with Crippen molar-refractivity contribution in [1.82, 2.24) is 9.55 Å². The maximum Gasteiger partial charge on any atom is 0.374 e. The SMILES string of the molecule is CCOC(=O)c1nc2ccccc2n1C(C)(C)C. The van der Waals surface area contributed by atoms with Crippen molar-refractivity contribution in [3.8, 4) is 0 Å². The molecule has 1 aromatic heterocycles. The van der Waals surface area contributed by atoms with E-state index < -0.39 is 0 Å². The molecule has 18 heavy (non-hydrogen) atoms. The second kappa shape index (κ2) is 4.44. The zero-order chi connectivity index (χ0) is 13.3. The smallest absolute Gasteiger partial charge is 0.374 e. The topological polar surface area (TPSA) is 44.1 Å². The lowest BCUT2D eigenvalue weighted by atomic mass is 10.1. The average Bonchev–Trinajstić information content (AvgIpc) is 2.68. The zero-order valence-corrected chi connectivity index (χ0v) is 11.2. The molecule has 0 saturated heterocycles. The van der Waals surface area contributed by atoms with Gasteiger partial charge in [0, 0.05) is 5.54 Å². The first kappa shape index (κ1) is 12.6. The standard InChI is InChI=1S/C14H18N2O2/c1-5-18-13(17)12-15-10-8-6-7-9-11(10)16(12)14(2,3)4/h6-9H,5H2,1-4H3. The minimum absolute atomic E-state index is 0.224. The fourth-order valence-corrected chi connectivity index (χ4v) is 2.04. The van der Waals surface area contributed by atoms with Crippen molar-refractivity contribution < 1.29 is 9.53 Å². The van der Waals surface area contributed by atoms with Crippen molar-refractivity contribution in [2.45, 2.75) is 33.2 Å². The van der Waals surface area contributed by atoms with Gasteiger partial charge in [-0.3, -0.25) is 0 Å². The predicted molar refractivity (Wildman–Crippen MR) is 70.7 cm³/mol. The van der Waals surface area contributed by atoms with Crippen LogP contribution in [-0.4, -0.2) is 22.1 Å². The van der Waals surface area contributed by atoms with E-state index in [1.54, 1.807) is 6.92 Å². The first-order valence-corrected chi connectivity index (χ1v) is 6.10.